The Morgan fingerprint density at radius 1 is 1.47 bits per heavy atom. The van der Waals surface area contributed by atoms with E-state index in [1.807, 2.05) is 0 Å². The minimum atomic E-state index is -0.124. The lowest BCUT2D eigenvalue weighted by Crippen LogP contribution is -2.37. The van der Waals surface area contributed by atoms with Gasteiger partial charge in [0.1, 0.15) is 5.78 Å². The van der Waals surface area contributed by atoms with Gasteiger partial charge in [0, 0.05) is 11.3 Å². The highest BCUT2D eigenvalue weighted by atomic mass is 16.1. The highest BCUT2D eigenvalue weighted by Gasteiger charge is 2.68. The molecule has 1 heteroatoms. The zero-order valence-corrected chi connectivity index (χ0v) is 11.1. The van der Waals surface area contributed by atoms with Gasteiger partial charge in [0.05, 0.1) is 0 Å². The lowest BCUT2D eigenvalue weighted by molar-refractivity contribution is -0.132. The predicted octanol–water partition coefficient (Wildman–Crippen LogP) is 3.62. The normalized spacial score (nSPS) is 52.1. The SMILES string of the molecule is C=C(C)C1C[C@]2(C)C(=O)[C@@H]3[C@H]1[C@@H]2C(=C)C[C@@H]3C. The predicted molar refractivity (Wildman–Crippen MR) is 69.4 cm³/mol. The number of carbonyl (C=O) groups excluding carboxylic acids is 1. The molecule has 1 unspecified atom stereocenters. The van der Waals surface area contributed by atoms with Crippen molar-refractivity contribution in [1.29, 1.82) is 0 Å². The van der Waals surface area contributed by atoms with Crippen LogP contribution >= 0.6 is 0 Å². The summed E-state index contributed by atoms with van der Waals surface area (Å²) < 4.78 is 0. The van der Waals surface area contributed by atoms with Gasteiger partial charge in [0.15, 0.2) is 0 Å². The summed E-state index contributed by atoms with van der Waals surface area (Å²) in [6, 6.07) is 0. The van der Waals surface area contributed by atoms with Crippen LogP contribution in [-0.2, 0) is 4.79 Å². The zero-order chi connectivity index (χ0) is 12.5. The molecule has 0 aromatic rings. The van der Waals surface area contributed by atoms with Gasteiger partial charge in [-0.05, 0) is 43.4 Å². The first kappa shape index (κ1) is 11.3. The van der Waals surface area contributed by atoms with E-state index in [9.17, 15) is 4.79 Å². The van der Waals surface area contributed by atoms with Crippen LogP contribution in [0.1, 0.15) is 33.6 Å². The van der Waals surface area contributed by atoms with Crippen molar-refractivity contribution in [3.8, 4) is 0 Å². The molecule has 6 atom stereocenters. The molecule has 0 aromatic heterocycles. The monoisotopic (exact) mass is 230 g/mol. The average molecular weight is 230 g/mol. The van der Waals surface area contributed by atoms with Crippen molar-refractivity contribution in [3.05, 3.63) is 24.3 Å². The first-order chi connectivity index (χ1) is 7.88. The van der Waals surface area contributed by atoms with Crippen molar-refractivity contribution in [3.63, 3.8) is 0 Å². The van der Waals surface area contributed by atoms with Gasteiger partial charge in [-0.25, -0.2) is 0 Å². The number of carbonyl (C=O) groups is 1. The Labute approximate surface area is 104 Å². The molecule has 0 aromatic carbocycles. The Morgan fingerprint density at radius 2 is 2.12 bits per heavy atom. The van der Waals surface area contributed by atoms with Gasteiger partial charge in [0.25, 0.3) is 0 Å². The largest absolute Gasteiger partial charge is 0.299 e. The van der Waals surface area contributed by atoms with Crippen molar-refractivity contribution in [1.82, 2.24) is 0 Å². The fourth-order valence-corrected chi connectivity index (χ4v) is 5.17. The lowest BCUT2D eigenvalue weighted by Gasteiger charge is -2.37. The summed E-state index contributed by atoms with van der Waals surface area (Å²) in [7, 11) is 0. The Kier molecular flexibility index (Phi) is 2.07. The van der Waals surface area contributed by atoms with Gasteiger partial charge >= 0.3 is 0 Å². The Balaban J connectivity index is 2.13. The van der Waals surface area contributed by atoms with Crippen molar-refractivity contribution in [2.75, 3.05) is 0 Å². The van der Waals surface area contributed by atoms with Crippen LogP contribution in [0.15, 0.2) is 24.3 Å². The van der Waals surface area contributed by atoms with Crippen LogP contribution in [0, 0.1) is 35.0 Å². The van der Waals surface area contributed by atoms with Gasteiger partial charge in [-0.2, -0.15) is 0 Å². The average Bonchev–Trinajstić information content (AvgIpc) is 2.61. The minimum absolute atomic E-state index is 0.124. The second-order valence-corrected chi connectivity index (χ2v) is 6.86. The molecule has 0 spiro atoms. The highest BCUT2D eigenvalue weighted by Crippen LogP contribution is 2.69. The van der Waals surface area contributed by atoms with Crippen molar-refractivity contribution in [2.45, 2.75) is 33.6 Å². The standard InChI is InChI=1S/C16H22O/c1-8(2)11-7-16(5)14-10(4)6-9(3)12(13(11)14)15(16)17/h9,11-14H,1,4,6-7H2,2-3,5H3/t9-,11?,12-,13-,14-,16-/m0/s1. The van der Waals surface area contributed by atoms with Gasteiger partial charge in [0.2, 0.25) is 0 Å². The van der Waals surface area contributed by atoms with Gasteiger partial charge in [-0.3, -0.25) is 4.79 Å². The van der Waals surface area contributed by atoms with Crippen LogP contribution in [0.3, 0.4) is 0 Å². The molecule has 92 valence electrons. The number of Topliss-reactive ketones (excluding diaryl/α,β-unsaturated/α-hetero) is 1. The van der Waals surface area contributed by atoms with Crippen LogP contribution < -0.4 is 0 Å². The molecule has 0 heterocycles. The molecule has 1 nitrogen and oxygen atoms in total. The summed E-state index contributed by atoms with van der Waals surface area (Å²) >= 11 is 0. The molecule has 4 bridgehead atoms. The molecule has 3 fully saturated rings. The van der Waals surface area contributed by atoms with Crippen molar-refractivity contribution < 1.29 is 4.79 Å². The molecular weight excluding hydrogens is 208 g/mol. The van der Waals surface area contributed by atoms with Crippen LogP contribution in [0.2, 0.25) is 0 Å². The second kappa shape index (κ2) is 3.13. The summed E-state index contributed by atoms with van der Waals surface area (Å²) in [5.41, 5.74) is 2.47. The number of rotatable bonds is 1. The summed E-state index contributed by atoms with van der Waals surface area (Å²) in [5.74, 6) is 2.80. The van der Waals surface area contributed by atoms with E-state index >= 15 is 0 Å². The van der Waals surface area contributed by atoms with E-state index in [1.165, 1.54) is 11.1 Å². The third kappa shape index (κ3) is 1.13. The molecule has 0 N–H and O–H groups in total. The van der Waals surface area contributed by atoms with Gasteiger partial charge in [-0.1, -0.05) is 38.2 Å². The quantitative estimate of drug-likeness (QED) is 0.629. The smallest absolute Gasteiger partial charge is 0.143 e. The van der Waals surface area contributed by atoms with Gasteiger partial charge < -0.3 is 0 Å². The Hall–Kier alpha value is -0.850. The summed E-state index contributed by atoms with van der Waals surface area (Å²) in [6.07, 6.45) is 2.06. The van der Waals surface area contributed by atoms with Crippen LogP contribution in [0.5, 0.6) is 0 Å². The number of hydrogen-bond donors (Lipinski definition) is 0. The molecule has 3 saturated carbocycles. The number of allylic oxidation sites excluding steroid dienone is 2. The molecule has 0 saturated heterocycles. The summed E-state index contributed by atoms with van der Waals surface area (Å²) in [5, 5.41) is 0. The molecule has 0 aliphatic heterocycles. The number of hydrogen-bond acceptors (Lipinski definition) is 1. The van der Waals surface area contributed by atoms with Crippen molar-refractivity contribution in [2.24, 2.45) is 35.0 Å². The van der Waals surface area contributed by atoms with E-state index in [0.29, 0.717) is 29.5 Å². The molecule has 3 rings (SSSR count). The maximum Gasteiger partial charge on any atom is 0.143 e. The molecule has 0 amide bonds. The van der Waals surface area contributed by atoms with Crippen LogP contribution in [0.4, 0.5) is 0 Å². The zero-order valence-electron chi connectivity index (χ0n) is 11.1. The van der Waals surface area contributed by atoms with E-state index in [-0.39, 0.29) is 11.3 Å². The molecular formula is C16H22O. The molecule has 3 aliphatic rings. The van der Waals surface area contributed by atoms with Crippen LogP contribution in [0.25, 0.3) is 0 Å². The highest BCUT2D eigenvalue weighted by molar-refractivity contribution is 5.92. The van der Waals surface area contributed by atoms with E-state index in [1.54, 1.807) is 0 Å². The fourth-order valence-electron chi connectivity index (χ4n) is 5.17. The molecule has 3 aliphatic carbocycles. The molecule has 0 radical (unpaired) electrons. The Bertz CT molecular complexity index is 433. The number of ketones is 1. The van der Waals surface area contributed by atoms with E-state index in [2.05, 4.69) is 33.9 Å². The minimum Gasteiger partial charge on any atom is -0.299 e. The Morgan fingerprint density at radius 3 is 2.71 bits per heavy atom. The van der Waals surface area contributed by atoms with Crippen LogP contribution in [-0.4, -0.2) is 5.78 Å². The van der Waals surface area contributed by atoms with E-state index in [0.717, 1.165) is 12.8 Å². The second-order valence-electron chi connectivity index (χ2n) is 6.86. The lowest BCUT2D eigenvalue weighted by atomic mass is 9.66. The van der Waals surface area contributed by atoms with Crippen molar-refractivity contribution >= 4 is 5.78 Å². The maximum absolute atomic E-state index is 12.6. The maximum atomic E-state index is 12.6. The topological polar surface area (TPSA) is 17.1 Å². The summed E-state index contributed by atoms with van der Waals surface area (Å²) in [4.78, 5) is 12.6. The van der Waals surface area contributed by atoms with Gasteiger partial charge in [-0.15, -0.1) is 0 Å². The first-order valence-corrected chi connectivity index (χ1v) is 6.75. The molecule has 17 heavy (non-hydrogen) atoms. The summed E-state index contributed by atoms with van der Waals surface area (Å²) in [6.45, 7) is 15.0. The fraction of sp³-hybridized carbons (Fsp3) is 0.688. The van der Waals surface area contributed by atoms with E-state index in [4.69, 9.17) is 0 Å². The third-order valence-corrected chi connectivity index (χ3v) is 5.73. The van der Waals surface area contributed by atoms with E-state index < -0.39 is 0 Å². The third-order valence-electron chi connectivity index (χ3n) is 5.73. The first-order valence-electron chi connectivity index (χ1n) is 6.75.